The van der Waals surface area contributed by atoms with Crippen molar-refractivity contribution in [1.29, 1.82) is 0 Å². The first-order valence-electron chi connectivity index (χ1n) is 15.2. The second-order valence-corrected chi connectivity index (χ2v) is 15.0. The van der Waals surface area contributed by atoms with Crippen molar-refractivity contribution < 1.29 is 17.6 Å². The summed E-state index contributed by atoms with van der Waals surface area (Å²) in [6.45, 7) is 1.80. The quantitative estimate of drug-likeness (QED) is 0.213. The van der Waals surface area contributed by atoms with Crippen molar-refractivity contribution in [3.63, 3.8) is 0 Å². The minimum absolute atomic E-state index is 0.104. The Labute approximate surface area is 274 Å². The van der Waals surface area contributed by atoms with Crippen LogP contribution in [-0.4, -0.2) is 58.2 Å². The van der Waals surface area contributed by atoms with Crippen molar-refractivity contribution in [3.8, 4) is 0 Å². The molecule has 45 heavy (non-hydrogen) atoms. The second kappa shape index (κ2) is 12.6. The van der Waals surface area contributed by atoms with Gasteiger partial charge in [-0.05, 0) is 97.1 Å². The van der Waals surface area contributed by atoms with Crippen molar-refractivity contribution in [2.75, 3.05) is 37.2 Å². The molecule has 1 fully saturated rings. The molecule has 0 radical (unpaired) electrons. The maximum Gasteiger partial charge on any atom is 0.254 e. The molecule has 2 aliphatic rings. The summed E-state index contributed by atoms with van der Waals surface area (Å²) >= 11 is 12.8. The van der Waals surface area contributed by atoms with E-state index in [1.807, 2.05) is 54.6 Å². The topological polar surface area (TPSA) is 69.7 Å². The largest absolute Gasteiger partial charge is 0.341 e. The van der Waals surface area contributed by atoms with Crippen LogP contribution >= 0.6 is 23.2 Å². The second-order valence-electron chi connectivity index (χ2n) is 12.3. The van der Waals surface area contributed by atoms with Crippen LogP contribution in [0, 0.1) is 5.82 Å². The molecule has 0 aromatic heterocycles. The van der Waals surface area contributed by atoms with E-state index < -0.39 is 21.5 Å². The number of anilines is 1. The third-order valence-electron chi connectivity index (χ3n) is 9.57. The molecule has 6 nitrogen and oxygen atoms in total. The van der Waals surface area contributed by atoms with E-state index in [0.717, 1.165) is 21.9 Å². The summed E-state index contributed by atoms with van der Waals surface area (Å²) in [7, 11) is -1.89. The van der Waals surface area contributed by atoms with Crippen LogP contribution in [0.3, 0.4) is 0 Å². The Hall–Kier alpha value is -3.17. The minimum Gasteiger partial charge on any atom is -0.341 e. The molecule has 1 N–H and O–H groups in total. The molecular weight excluding hydrogens is 632 g/mol. The molecule has 2 aliphatic heterocycles. The number of likely N-dealkylation sites (N-methyl/N-ethyl adjacent to an activating group) is 1. The molecule has 1 amide bonds. The van der Waals surface area contributed by atoms with Gasteiger partial charge >= 0.3 is 0 Å². The van der Waals surface area contributed by atoms with Gasteiger partial charge in [-0.15, -0.1) is 0 Å². The fraction of sp³-hybridized carbons (Fsp3) is 0.343. The number of sulfonamides is 1. The molecule has 1 unspecified atom stereocenters. The predicted octanol–water partition coefficient (Wildman–Crippen LogP) is 7.39. The lowest BCUT2D eigenvalue weighted by molar-refractivity contribution is 0.0785. The number of nitrogens with one attached hydrogen (secondary N) is 1. The average Bonchev–Trinajstić information content (AvgIpc) is 3.28. The lowest BCUT2D eigenvalue weighted by Crippen LogP contribution is -2.52. The highest BCUT2D eigenvalue weighted by molar-refractivity contribution is 7.92. The van der Waals surface area contributed by atoms with E-state index in [-0.39, 0.29) is 17.6 Å². The van der Waals surface area contributed by atoms with E-state index in [1.165, 1.54) is 22.7 Å². The Morgan fingerprint density at radius 2 is 1.76 bits per heavy atom. The van der Waals surface area contributed by atoms with Crippen LogP contribution in [0.2, 0.25) is 10.0 Å². The number of carbonyl (C=O) groups excluding carboxylic acids is 1. The third kappa shape index (κ3) is 6.06. The first-order valence-corrected chi connectivity index (χ1v) is 17.8. The van der Waals surface area contributed by atoms with Crippen LogP contribution in [0.5, 0.6) is 0 Å². The van der Waals surface area contributed by atoms with Crippen molar-refractivity contribution in [1.82, 2.24) is 10.2 Å². The Morgan fingerprint density at radius 3 is 2.49 bits per heavy atom. The molecule has 1 saturated heterocycles. The first-order chi connectivity index (χ1) is 21.5. The van der Waals surface area contributed by atoms with Crippen LogP contribution in [0.1, 0.15) is 53.1 Å². The van der Waals surface area contributed by atoms with Crippen LogP contribution < -0.4 is 9.62 Å². The van der Waals surface area contributed by atoms with E-state index in [0.29, 0.717) is 66.6 Å². The maximum atomic E-state index is 14.7. The number of halogens is 3. The SMILES string of the molecule is CN(C[C@@H](CCC1N(S(C)(=O)=O)c2ccc(F)cc2C12CCNCC2)c1ccc(Cl)c(Cl)c1)C(=O)c1cccc2ccccc12. The van der Waals surface area contributed by atoms with Gasteiger partial charge in [0.05, 0.1) is 28.0 Å². The van der Waals surface area contributed by atoms with Gasteiger partial charge in [0.15, 0.2) is 0 Å². The van der Waals surface area contributed by atoms with Gasteiger partial charge in [-0.2, -0.15) is 0 Å². The number of fused-ring (bicyclic) bond motifs is 3. The number of carbonyl (C=O) groups is 1. The summed E-state index contributed by atoms with van der Waals surface area (Å²) in [5.74, 6) is -0.652. The van der Waals surface area contributed by atoms with E-state index in [9.17, 15) is 17.6 Å². The van der Waals surface area contributed by atoms with Gasteiger partial charge in [-0.3, -0.25) is 9.10 Å². The monoisotopic (exact) mass is 667 g/mol. The van der Waals surface area contributed by atoms with Crippen molar-refractivity contribution >= 4 is 55.6 Å². The standard InChI is InChI=1S/C35H36Cl2FN3O3S/c1-40(34(42)28-9-5-7-23-6-3-4-8-27(23)28)22-25(24-10-13-30(36)31(37)20-24)11-15-33-35(16-18-39-19-17-35)29-21-26(38)12-14-32(29)41(33)45(2,43)44/h3-10,12-14,20-21,25,33,39H,11,15-19,22H2,1-2H3/t25-,33?/m1/s1. The number of amides is 1. The van der Waals surface area contributed by atoms with E-state index in [1.54, 1.807) is 24.1 Å². The zero-order valence-corrected chi connectivity index (χ0v) is 27.6. The smallest absolute Gasteiger partial charge is 0.254 e. The van der Waals surface area contributed by atoms with E-state index >= 15 is 0 Å². The van der Waals surface area contributed by atoms with Gasteiger partial charge in [0.2, 0.25) is 10.0 Å². The molecule has 0 saturated carbocycles. The summed E-state index contributed by atoms with van der Waals surface area (Å²) in [6.07, 6.45) is 3.67. The highest BCUT2D eigenvalue weighted by Crippen LogP contribution is 2.53. The van der Waals surface area contributed by atoms with Gasteiger partial charge in [0.25, 0.3) is 5.91 Å². The fourth-order valence-corrected chi connectivity index (χ4v) is 9.06. The Balaban J connectivity index is 1.35. The summed E-state index contributed by atoms with van der Waals surface area (Å²) < 4.78 is 42.9. The van der Waals surface area contributed by atoms with Crippen LogP contribution in [0.4, 0.5) is 10.1 Å². The molecule has 4 aromatic rings. The van der Waals surface area contributed by atoms with Gasteiger partial charge in [0.1, 0.15) is 5.82 Å². The normalized spacial score (nSPS) is 18.2. The van der Waals surface area contributed by atoms with E-state index in [4.69, 9.17) is 23.2 Å². The highest BCUT2D eigenvalue weighted by atomic mass is 35.5. The Bertz CT molecular complexity index is 1860. The Kier molecular flexibility index (Phi) is 8.87. The van der Waals surface area contributed by atoms with Gasteiger partial charge < -0.3 is 10.2 Å². The lowest BCUT2D eigenvalue weighted by Gasteiger charge is -2.42. The van der Waals surface area contributed by atoms with Gasteiger partial charge in [-0.25, -0.2) is 12.8 Å². The summed E-state index contributed by atoms with van der Waals surface area (Å²) in [5, 5.41) is 6.12. The zero-order valence-electron chi connectivity index (χ0n) is 25.3. The molecule has 0 aliphatic carbocycles. The molecule has 1 spiro atoms. The highest BCUT2D eigenvalue weighted by Gasteiger charge is 2.53. The molecule has 6 rings (SSSR count). The number of rotatable bonds is 8. The summed E-state index contributed by atoms with van der Waals surface area (Å²) in [6, 6.07) is 23.1. The number of hydrogen-bond acceptors (Lipinski definition) is 4. The molecule has 236 valence electrons. The number of benzene rings is 4. The van der Waals surface area contributed by atoms with Crippen molar-refractivity contribution in [2.45, 2.75) is 43.1 Å². The van der Waals surface area contributed by atoms with Gasteiger partial charge in [-0.1, -0.05) is 65.7 Å². The molecule has 0 bridgehead atoms. The lowest BCUT2D eigenvalue weighted by atomic mass is 9.68. The number of nitrogens with zero attached hydrogens (tertiary/aromatic N) is 2. The van der Waals surface area contributed by atoms with E-state index in [2.05, 4.69) is 5.32 Å². The predicted molar refractivity (Wildman–Crippen MR) is 181 cm³/mol. The molecule has 10 heteroatoms. The number of piperidine rings is 1. The average molecular weight is 669 g/mol. The third-order valence-corrected chi connectivity index (χ3v) is 11.5. The molecule has 4 aromatic carbocycles. The number of hydrogen-bond donors (Lipinski definition) is 1. The maximum absolute atomic E-state index is 14.7. The summed E-state index contributed by atoms with van der Waals surface area (Å²) in [5.41, 5.74) is 2.31. The Morgan fingerprint density at radius 1 is 1.02 bits per heavy atom. The van der Waals surface area contributed by atoms with Crippen molar-refractivity contribution in [2.24, 2.45) is 0 Å². The van der Waals surface area contributed by atoms with Crippen LogP contribution in [0.15, 0.2) is 78.9 Å². The molecule has 2 heterocycles. The van der Waals surface area contributed by atoms with Crippen LogP contribution in [-0.2, 0) is 15.4 Å². The zero-order chi connectivity index (χ0) is 31.9. The molecule has 2 atom stereocenters. The minimum atomic E-state index is -3.68. The van der Waals surface area contributed by atoms with Crippen LogP contribution in [0.25, 0.3) is 10.8 Å². The first kappa shape index (κ1) is 31.8. The summed E-state index contributed by atoms with van der Waals surface area (Å²) in [4.78, 5) is 15.6. The fourth-order valence-electron chi connectivity index (χ4n) is 7.47. The molecular formula is C35H36Cl2FN3O3S. The van der Waals surface area contributed by atoms with Crippen molar-refractivity contribution in [3.05, 3.63) is 111 Å². The van der Waals surface area contributed by atoms with Gasteiger partial charge in [0, 0.05) is 30.5 Å².